The van der Waals surface area contributed by atoms with E-state index in [-0.39, 0.29) is 6.54 Å². The molecule has 132 valence electrons. The Morgan fingerprint density at radius 1 is 1.08 bits per heavy atom. The molecule has 3 aromatic rings. The highest BCUT2D eigenvalue weighted by Crippen LogP contribution is 2.32. The van der Waals surface area contributed by atoms with Crippen LogP contribution in [0.3, 0.4) is 0 Å². The summed E-state index contributed by atoms with van der Waals surface area (Å²) in [5.74, 6) is 0. The predicted octanol–water partition coefficient (Wildman–Crippen LogP) is 4.28. The fourth-order valence-corrected chi connectivity index (χ4v) is 3.73. The largest absolute Gasteiger partial charge is 0.354 e. The van der Waals surface area contributed by atoms with Crippen LogP contribution in [0.15, 0.2) is 42.5 Å². The molecule has 25 heavy (non-hydrogen) atoms. The number of aromatic amines is 1. The van der Waals surface area contributed by atoms with Crippen molar-refractivity contribution in [2.24, 2.45) is 0 Å². The Bertz CT molecular complexity index is 1000. The molecule has 0 fully saturated rings. The summed E-state index contributed by atoms with van der Waals surface area (Å²) in [6.45, 7) is 7.78. The van der Waals surface area contributed by atoms with E-state index in [4.69, 9.17) is 0 Å². The number of hydrogen-bond acceptors (Lipinski definition) is 2. The van der Waals surface area contributed by atoms with Gasteiger partial charge >= 0.3 is 0 Å². The Labute approximate surface area is 149 Å². The van der Waals surface area contributed by atoms with E-state index in [0.29, 0.717) is 0 Å². The minimum atomic E-state index is -3.30. The quantitative estimate of drug-likeness (QED) is 0.717. The second kappa shape index (κ2) is 6.65. The molecule has 0 saturated heterocycles. The lowest BCUT2D eigenvalue weighted by atomic mass is 10.0. The lowest BCUT2D eigenvalue weighted by molar-refractivity contribution is 0.572. The first kappa shape index (κ1) is 17.7. The van der Waals surface area contributed by atoms with Gasteiger partial charge in [0.05, 0.1) is 10.8 Å². The van der Waals surface area contributed by atoms with Gasteiger partial charge in [0.25, 0.3) is 0 Å². The average molecular weight is 356 g/mol. The maximum absolute atomic E-state index is 12.1. The number of nitrogens with one attached hydrogen (secondary N) is 2. The summed E-state index contributed by atoms with van der Waals surface area (Å²) in [7, 11) is -3.30. The average Bonchev–Trinajstić information content (AvgIpc) is 2.90. The van der Waals surface area contributed by atoms with Gasteiger partial charge in [-0.05, 0) is 50.5 Å². The molecule has 0 amide bonds. The van der Waals surface area contributed by atoms with Gasteiger partial charge < -0.3 is 4.98 Å². The third kappa shape index (κ3) is 3.48. The topological polar surface area (TPSA) is 62.0 Å². The summed E-state index contributed by atoms with van der Waals surface area (Å²) in [5, 5.41) is 0.690. The molecule has 4 nitrogen and oxygen atoms in total. The van der Waals surface area contributed by atoms with Gasteiger partial charge in [-0.1, -0.05) is 42.0 Å². The monoisotopic (exact) mass is 356 g/mol. The lowest BCUT2D eigenvalue weighted by Crippen LogP contribution is -2.30. The molecule has 0 aliphatic rings. The van der Waals surface area contributed by atoms with Crippen LogP contribution in [0.25, 0.3) is 22.2 Å². The van der Waals surface area contributed by atoms with E-state index in [9.17, 15) is 8.42 Å². The molecule has 1 heterocycles. The second-order valence-corrected chi connectivity index (χ2v) is 9.07. The van der Waals surface area contributed by atoms with Crippen molar-refractivity contribution in [3.8, 4) is 11.3 Å². The van der Waals surface area contributed by atoms with Crippen LogP contribution in [-0.2, 0) is 16.6 Å². The first-order valence-electron chi connectivity index (χ1n) is 8.45. The van der Waals surface area contributed by atoms with Gasteiger partial charge in [0.2, 0.25) is 10.0 Å². The fourth-order valence-electron chi connectivity index (χ4n) is 3.04. The van der Waals surface area contributed by atoms with E-state index in [1.54, 1.807) is 13.8 Å². The van der Waals surface area contributed by atoms with E-state index < -0.39 is 15.3 Å². The summed E-state index contributed by atoms with van der Waals surface area (Å²) >= 11 is 0. The number of H-pyrrole nitrogens is 1. The zero-order chi connectivity index (χ0) is 18.2. The minimum absolute atomic E-state index is 0.285. The third-order valence-electron chi connectivity index (χ3n) is 4.54. The van der Waals surface area contributed by atoms with Gasteiger partial charge in [-0.25, -0.2) is 13.1 Å². The van der Waals surface area contributed by atoms with Gasteiger partial charge in [-0.3, -0.25) is 0 Å². The van der Waals surface area contributed by atoms with Crippen LogP contribution < -0.4 is 4.72 Å². The van der Waals surface area contributed by atoms with Crippen LogP contribution in [0.5, 0.6) is 0 Å². The van der Waals surface area contributed by atoms with Crippen molar-refractivity contribution < 1.29 is 8.42 Å². The molecule has 2 N–H and O–H groups in total. The Morgan fingerprint density at radius 3 is 2.40 bits per heavy atom. The van der Waals surface area contributed by atoms with Gasteiger partial charge in [-0.15, -0.1) is 0 Å². The Morgan fingerprint density at radius 2 is 1.76 bits per heavy atom. The standard InChI is InChI=1S/C20H24N2O2S/c1-13(2)25(23,24)21-12-17-10-14(3)11-18-15(4)19(22-20(17)18)16-8-6-5-7-9-16/h5-11,13,21-22H,12H2,1-4H3. The predicted molar refractivity (Wildman–Crippen MR) is 104 cm³/mol. The number of aryl methyl sites for hydroxylation is 2. The summed E-state index contributed by atoms with van der Waals surface area (Å²) in [4.78, 5) is 3.51. The van der Waals surface area contributed by atoms with E-state index in [0.717, 1.165) is 33.3 Å². The maximum atomic E-state index is 12.1. The van der Waals surface area contributed by atoms with Crippen LogP contribution in [0.2, 0.25) is 0 Å². The first-order valence-corrected chi connectivity index (χ1v) is 10.00. The number of benzene rings is 2. The lowest BCUT2D eigenvalue weighted by Gasteiger charge is -2.11. The van der Waals surface area contributed by atoms with E-state index in [1.165, 1.54) is 5.56 Å². The third-order valence-corrected chi connectivity index (χ3v) is 6.33. The van der Waals surface area contributed by atoms with Crippen molar-refractivity contribution >= 4 is 20.9 Å². The number of aromatic nitrogens is 1. The summed E-state index contributed by atoms with van der Waals surface area (Å²) < 4.78 is 26.9. The molecule has 1 aromatic heterocycles. The molecule has 0 atom stereocenters. The fraction of sp³-hybridized carbons (Fsp3) is 0.300. The van der Waals surface area contributed by atoms with Crippen LogP contribution in [-0.4, -0.2) is 18.7 Å². The summed E-state index contributed by atoms with van der Waals surface area (Å²) in [6, 6.07) is 14.4. The number of rotatable bonds is 5. The van der Waals surface area contributed by atoms with Crippen molar-refractivity contribution in [2.75, 3.05) is 0 Å². The van der Waals surface area contributed by atoms with E-state index in [2.05, 4.69) is 34.8 Å². The molecule has 0 radical (unpaired) electrons. The number of fused-ring (bicyclic) bond motifs is 1. The molecule has 0 bridgehead atoms. The Hall–Kier alpha value is -2.11. The van der Waals surface area contributed by atoms with Gasteiger partial charge in [0.1, 0.15) is 0 Å². The molecule has 0 aliphatic carbocycles. The molecule has 0 aliphatic heterocycles. The number of sulfonamides is 1. The SMILES string of the molecule is Cc1cc(CNS(=O)(=O)C(C)C)c2[nH]c(-c3ccccc3)c(C)c2c1. The van der Waals surface area contributed by atoms with Gasteiger partial charge in [0, 0.05) is 17.6 Å². The van der Waals surface area contributed by atoms with Crippen LogP contribution in [0.1, 0.15) is 30.5 Å². The smallest absolute Gasteiger partial charge is 0.214 e. The van der Waals surface area contributed by atoms with Crippen LogP contribution >= 0.6 is 0 Å². The Balaban J connectivity index is 2.08. The van der Waals surface area contributed by atoms with Crippen molar-refractivity contribution in [3.05, 3.63) is 59.2 Å². The van der Waals surface area contributed by atoms with Crippen LogP contribution in [0, 0.1) is 13.8 Å². The van der Waals surface area contributed by atoms with Gasteiger partial charge in [-0.2, -0.15) is 0 Å². The minimum Gasteiger partial charge on any atom is -0.354 e. The molecule has 3 rings (SSSR count). The molecule has 0 spiro atoms. The Kier molecular flexibility index (Phi) is 4.71. The van der Waals surface area contributed by atoms with Crippen LogP contribution in [0.4, 0.5) is 0 Å². The highest BCUT2D eigenvalue weighted by molar-refractivity contribution is 7.90. The normalized spacial score (nSPS) is 12.2. The highest BCUT2D eigenvalue weighted by Gasteiger charge is 2.17. The van der Waals surface area contributed by atoms with Crippen molar-refractivity contribution in [1.29, 1.82) is 0 Å². The van der Waals surface area contributed by atoms with Crippen molar-refractivity contribution in [1.82, 2.24) is 9.71 Å². The second-order valence-electron chi connectivity index (χ2n) is 6.75. The zero-order valence-electron chi connectivity index (χ0n) is 15.1. The number of hydrogen-bond donors (Lipinski definition) is 2. The van der Waals surface area contributed by atoms with Gasteiger partial charge in [0.15, 0.2) is 0 Å². The van der Waals surface area contributed by atoms with Crippen molar-refractivity contribution in [3.63, 3.8) is 0 Å². The summed E-state index contributed by atoms with van der Waals surface area (Å²) in [5.41, 5.74) is 6.46. The first-order chi connectivity index (χ1) is 11.8. The molecular formula is C20H24N2O2S. The zero-order valence-corrected chi connectivity index (χ0v) is 15.9. The maximum Gasteiger partial charge on any atom is 0.214 e. The molecule has 0 unspecified atom stereocenters. The molecule has 2 aromatic carbocycles. The summed E-state index contributed by atoms with van der Waals surface area (Å²) in [6.07, 6.45) is 0. The highest BCUT2D eigenvalue weighted by atomic mass is 32.2. The molecule has 0 saturated carbocycles. The molecule has 5 heteroatoms. The van der Waals surface area contributed by atoms with E-state index in [1.807, 2.05) is 31.2 Å². The molecular weight excluding hydrogens is 332 g/mol. The van der Waals surface area contributed by atoms with Crippen molar-refractivity contribution in [2.45, 2.75) is 39.5 Å². The van der Waals surface area contributed by atoms with E-state index >= 15 is 0 Å².